The summed E-state index contributed by atoms with van der Waals surface area (Å²) in [5, 5.41) is 6.89. The Bertz CT molecular complexity index is 323. The van der Waals surface area contributed by atoms with Gasteiger partial charge in [-0.3, -0.25) is 5.10 Å². The van der Waals surface area contributed by atoms with E-state index in [1.165, 1.54) is 0 Å². The lowest BCUT2D eigenvalue weighted by atomic mass is 10.1. The average molecular weight is 233 g/mol. The number of H-pyrrole nitrogens is 1. The summed E-state index contributed by atoms with van der Waals surface area (Å²) in [5.41, 5.74) is 2.20. The van der Waals surface area contributed by atoms with Crippen LogP contribution in [0.3, 0.4) is 0 Å². The minimum absolute atomic E-state index is 0. The van der Waals surface area contributed by atoms with Crippen LogP contribution in [0.25, 0.3) is 0 Å². The maximum atomic E-state index is 11.5. The van der Waals surface area contributed by atoms with Crippen LogP contribution in [0.2, 0.25) is 0 Å². The van der Waals surface area contributed by atoms with E-state index >= 15 is 0 Å². The number of aromatic nitrogens is 2. The van der Waals surface area contributed by atoms with Gasteiger partial charge >= 0.3 is 5.97 Å². The summed E-state index contributed by atoms with van der Waals surface area (Å²) in [4.78, 5) is 11.5. The number of hydrogen-bond acceptors (Lipinski definition) is 3. The number of hydrogen-bond donors (Lipinski definition) is 1. The molecule has 0 saturated carbocycles. The fourth-order valence-electron chi connectivity index (χ4n) is 1.37. The average Bonchev–Trinajstić information content (AvgIpc) is 2.48. The maximum absolute atomic E-state index is 11.5. The normalized spacial score (nSPS) is 9.53. The molecule has 1 rings (SSSR count). The molecule has 15 heavy (non-hydrogen) atoms. The van der Waals surface area contributed by atoms with Crippen molar-refractivity contribution in [2.75, 3.05) is 6.61 Å². The van der Waals surface area contributed by atoms with Crippen LogP contribution in [-0.2, 0) is 11.2 Å². The van der Waals surface area contributed by atoms with E-state index in [0.717, 1.165) is 24.2 Å². The van der Waals surface area contributed by atoms with Gasteiger partial charge in [-0.25, -0.2) is 4.79 Å². The van der Waals surface area contributed by atoms with Gasteiger partial charge in [-0.1, -0.05) is 13.3 Å². The first-order chi connectivity index (χ1) is 6.70. The molecule has 0 unspecified atom stereocenters. The summed E-state index contributed by atoms with van der Waals surface area (Å²) in [5.74, 6) is -0.276. The summed E-state index contributed by atoms with van der Waals surface area (Å²) in [6.45, 7) is 6.08. The number of carbonyl (C=O) groups excluding carboxylic acids is 1. The number of halogens is 1. The van der Waals surface area contributed by atoms with Crippen LogP contribution in [0.15, 0.2) is 0 Å². The lowest BCUT2D eigenvalue weighted by molar-refractivity contribution is 0.0524. The molecule has 0 saturated heterocycles. The zero-order valence-corrected chi connectivity index (χ0v) is 10.1. The lowest BCUT2D eigenvalue weighted by Gasteiger charge is -2.02. The molecule has 0 aromatic carbocycles. The Morgan fingerprint density at radius 2 is 2.13 bits per heavy atom. The Labute approximate surface area is 95.8 Å². The van der Waals surface area contributed by atoms with Crippen molar-refractivity contribution in [1.29, 1.82) is 0 Å². The minimum atomic E-state index is -0.276. The molecule has 0 spiro atoms. The van der Waals surface area contributed by atoms with Crippen LogP contribution in [0.4, 0.5) is 0 Å². The van der Waals surface area contributed by atoms with Gasteiger partial charge in [-0.15, -0.1) is 12.4 Å². The molecular weight excluding hydrogens is 216 g/mol. The second-order valence-electron chi connectivity index (χ2n) is 3.14. The second-order valence-corrected chi connectivity index (χ2v) is 3.14. The van der Waals surface area contributed by atoms with E-state index < -0.39 is 0 Å². The van der Waals surface area contributed by atoms with Gasteiger partial charge in [0.2, 0.25) is 0 Å². The van der Waals surface area contributed by atoms with Crippen molar-refractivity contribution >= 4 is 18.4 Å². The van der Waals surface area contributed by atoms with E-state index in [2.05, 4.69) is 17.1 Å². The van der Waals surface area contributed by atoms with E-state index in [4.69, 9.17) is 4.74 Å². The summed E-state index contributed by atoms with van der Waals surface area (Å²) in [7, 11) is 0. The second kappa shape index (κ2) is 6.45. The molecule has 4 nitrogen and oxygen atoms in total. The van der Waals surface area contributed by atoms with Crippen LogP contribution in [0.5, 0.6) is 0 Å². The maximum Gasteiger partial charge on any atom is 0.341 e. The van der Waals surface area contributed by atoms with Crippen molar-refractivity contribution in [2.24, 2.45) is 0 Å². The van der Waals surface area contributed by atoms with Gasteiger partial charge in [0.15, 0.2) is 0 Å². The van der Waals surface area contributed by atoms with Gasteiger partial charge < -0.3 is 4.74 Å². The van der Waals surface area contributed by atoms with Crippen LogP contribution in [0.1, 0.15) is 42.0 Å². The molecule has 0 bridgehead atoms. The third kappa shape index (κ3) is 3.23. The summed E-state index contributed by atoms with van der Waals surface area (Å²) >= 11 is 0. The van der Waals surface area contributed by atoms with Crippen molar-refractivity contribution in [3.63, 3.8) is 0 Å². The fraction of sp³-hybridized carbons (Fsp3) is 0.600. The zero-order valence-electron chi connectivity index (χ0n) is 9.29. The van der Waals surface area contributed by atoms with Gasteiger partial charge in [-0.05, 0) is 20.3 Å². The summed E-state index contributed by atoms with van der Waals surface area (Å²) in [6, 6.07) is 0. The molecule has 0 amide bonds. The van der Waals surface area contributed by atoms with Crippen molar-refractivity contribution in [3.05, 3.63) is 17.0 Å². The van der Waals surface area contributed by atoms with Crippen molar-refractivity contribution in [1.82, 2.24) is 10.2 Å². The number of aromatic amines is 1. The number of aryl methyl sites for hydroxylation is 2. The molecule has 86 valence electrons. The first kappa shape index (κ1) is 14.0. The number of ether oxygens (including phenoxy) is 1. The van der Waals surface area contributed by atoms with Gasteiger partial charge in [0.05, 0.1) is 12.3 Å². The molecular formula is C10H17ClN2O2. The SMILES string of the molecule is CCCc1n[nH]c(C)c1C(=O)OCC.Cl. The first-order valence-corrected chi connectivity index (χ1v) is 4.91. The van der Waals surface area contributed by atoms with Crippen LogP contribution in [-0.4, -0.2) is 22.8 Å². The van der Waals surface area contributed by atoms with Crippen LogP contribution >= 0.6 is 12.4 Å². The van der Waals surface area contributed by atoms with E-state index in [-0.39, 0.29) is 18.4 Å². The largest absolute Gasteiger partial charge is 0.462 e. The molecule has 1 aromatic heterocycles. The predicted molar refractivity (Wildman–Crippen MR) is 60.5 cm³/mol. The molecule has 0 aliphatic heterocycles. The van der Waals surface area contributed by atoms with E-state index in [0.29, 0.717) is 12.2 Å². The zero-order chi connectivity index (χ0) is 10.6. The number of nitrogens with zero attached hydrogens (tertiary/aromatic N) is 1. The lowest BCUT2D eigenvalue weighted by Crippen LogP contribution is -2.08. The predicted octanol–water partition coefficient (Wildman–Crippen LogP) is 2.27. The molecule has 5 heteroatoms. The Morgan fingerprint density at radius 3 is 2.67 bits per heavy atom. The molecule has 1 N–H and O–H groups in total. The van der Waals surface area contributed by atoms with Crippen LogP contribution < -0.4 is 0 Å². The standard InChI is InChI=1S/C10H16N2O2.ClH/c1-4-6-8-9(7(3)11-12-8)10(13)14-5-2;/h4-6H2,1-3H3,(H,11,12);1H. The Morgan fingerprint density at radius 1 is 1.47 bits per heavy atom. The number of carbonyl (C=O) groups is 1. The quantitative estimate of drug-likeness (QED) is 0.811. The Balaban J connectivity index is 0.00000196. The highest BCUT2D eigenvalue weighted by Gasteiger charge is 2.17. The first-order valence-electron chi connectivity index (χ1n) is 4.91. The molecule has 0 aliphatic rings. The van der Waals surface area contributed by atoms with E-state index in [9.17, 15) is 4.79 Å². The number of nitrogens with one attached hydrogen (secondary N) is 1. The highest BCUT2D eigenvalue weighted by atomic mass is 35.5. The van der Waals surface area contributed by atoms with Gasteiger partial charge in [0, 0.05) is 5.69 Å². The van der Waals surface area contributed by atoms with Crippen LogP contribution in [0, 0.1) is 6.92 Å². The van der Waals surface area contributed by atoms with Gasteiger partial charge in [-0.2, -0.15) is 5.10 Å². The van der Waals surface area contributed by atoms with Crippen molar-refractivity contribution in [3.8, 4) is 0 Å². The van der Waals surface area contributed by atoms with Crippen molar-refractivity contribution < 1.29 is 9.53 Å². The molecule has 0 radical (unpaired) electrons. The highest BCUT2D eigenvalue weighted by Crippen LogP contribution is 2.13. The highest BCUT2D eigenvalue weighted by molar-refractivity contribution is 5.91. The van der Waals surface area contributed by atoms with E-state index in [1.807, 2.05) is 6.92 Å². The monoisotopic (exact) mass is 232 g/mol. The van der Waals surface area contributed by atoms with Gasteiger partial charge in [0.25, 0.3) is 0 Å². The molecule has 0 atom stereocenters. The number of esters is 1. The Hall–Kier alpha value is -1.03. The van der Waals surface area contributed by atoms with Gasteiger partial charge in [0.1, 0.15) is 5.56 Å². The smallest absolute Gasteiger partial charge is 0.341 e. The summed E-state index contributed by atoms with van der Waals surface area (Å²) in [6.07, 6.45) is 1.77. The topological polar surface area (TPSA) is 55.0 Å². The minimum Gasteiger partial charge on any atom is -0.462 e. The molecule has 1 heterocycles. The molecule has 1 aromatic rings. The third-order valence-corrected chi connectivity index (χ3v) is 1.99. The molecule has 0 fully saturated rings. The molecule has 0 aliphatic carbocycles. The van der Waals surface area contributed by atoms with E-state index in [1.54, 1.807) is 6.92 Å². The fourth-order valence-corrected chi connectivity index (χ4v) is 1.37. The Kier molecular flexibility index (Phi) is 6.01. The third-order valence-electron chi connectivity index (χ3n) is 1.99. The van der Waals surface area contributed by atoms with Crippen molar-refractivity contribution in [2.45, 2.75) is 33.6 Å². The summed E-state index contributed by atoms with van der Waals surface area (Å²) < 4.78 is 4.96. The number of rotatable bonds is 4.